The fourth-order valence-corrected chi connectivity index (χ4v) is 3.69. The third kappa shape index (κ3) is 6.46. The van der Waals surface area contributed by atoms with Crippen molar-refractivity contribution in [2.45, 2.75) is 24.3 Å². The maximum absolute atomic E-state index is 12.1. The van der Waals surface area contributed by atoms with E-state index >= 15 is 0 Å². The zero-order valence-electron chi connectivity index (χ0n) is 11.4. The first-order valence-corrected chi connectivity index (χ1v) is 10.8. The molecule has 2 atom stereocenters. The largest absolute Gasteiger partial charge is 0.350 e. The SMILES string of the molecule is CC(CCS(C)=O)NC(=O)c1cc(Br)cc(S(=O)(=O)Cl)c1. The maximum Gasteiger partial charge on any atom is 0.261 e. The van der Waals surface area contributed by atoms with Gasteiger partial charge in [0.1, 0.15) is 0 Å². The number of hydrogen-bond acceptors (Lipinski definition) is 4. The second-order valence-corrected chi connectivity index (χ2v) is 9.59. The lowest BCUT2D eigenvalue weighted by atomic mass is 10.2. The summed E-state index contributed by atoms with van der Waals surface area (Å²) in [6.45, 7) is 1.79. The number of halogens is 2. The van der Waals surface area contributed by atoms with Gasteiger partial charge in [-0.2, -0.15) is 0 Å². The van der Waals surface area contributed by atoms with Crippen molar-refractivity contribution in [1.82, 2.24) is 5.32 Å². The molecule has 0 spiro atoms. The number of carbonyl (C=O) groups excluding carboxylic acids is 1. The van der Waals surface area contributed by atoms with Crippen LogP contribution in [0.1, 0.15) is 23.7 Å². The molecule has 5 nitrogen and oxygen atoms in total. The van der Waals surface area contributed by atoms with Crippen molar-refractivity contribution >= 4 is 52.4 Å². The second kappa shape index (κ2) is 7.71. The molecule has 1 aromatic carbocycles. The molecular formula is C12H15BrClNO4S2. The lowest BCUT2D eigenvalue weighted by Crippen LogP contribution is -2.33. The van der Waals surface area contributed by atoms with Gasteiger partial charge < -0.3 is 5.32 Å². The Morgan fingerprint density at radius 1 is 1.43 bits per heavy atom. The highest BCUT2D eigenvalue weighted by Crippen LogP contribution is 2.22. The lowest BCUT2D eigenvalue weighted by molar-refractivity contribution is 0.0939. The van der Waals surface area contributed by atoms with Crippen molar-refractivity contribution in [3.63, 3.8) is 0 Å². The summed E-state index contributed by atoms with van der Waals surface area (Å²) in [7, 11) is 0.454. The lowest BCUT2D eigenvalue weighted by Gasteiger charge is -2.13. The molecule has 0 bridgehead atoms. The van der Waals surface area contributed by atoms with Gasteiger partial charge in [0.15, 0.2) is 0 Å². The number of carbonyl (C=O) groups is 1. The van der Waals surface area contributed by atoms with Gasteiger partial charge in [-0.3, -0.25) is 9.00 Å². The molecule has 1 rings (SSSR count). The summed E-state index contributed by atoms with van der Waals surface area (Å²) in [5.41, 5.74) is 0.188. The molecule has 1 N–H and O–H groups in total. The van der Waals surface area contributed by atoms with E-state index in [9.17, 15) is 17.4 Å². The molecule has 0 heterocycles. The van der Waals surface area contributed by atoms with E-state index in [-0.39, 0.29) is 16.5 Å². The summed E-state index contributed by atoms with van der Waals surface area (Å²) in [6.07, 6.45) is 2.17. The zero-order valence-corrected chi connectivity index (χ0v) is 15.4. The van der Waals surface area contributed by atoms with Crippen LogP contribution < -0.4 is 5.32 Å². The molecule has 0 aliphatic rings. The van der Waals surface area contributed by atoms with Crippen LogP contribution in [0.3, 0.4) is 0 Å². The van der Waals surface area contributed by atoms with Gasteiger partial charge in [0.05, 0.1) is 4.90 Å². The first-order chi connectivity index (χ1) is 9.59. The predicted octanol–water partition coefficient (Wildman–Crippen LogP) is 2.26. The minimum atomic E-state index is -3.91. The number of amides is 1. The molecule has 0 fully saturated rings. The molecule has 0 aliphatic heterocycles. The van der Waals surface area contributed by atoms with Crippen molar-refractivity contribution in [2.75, 3.05) is 12.0 Å². The Bertz CT molecular complexity index is 663. The summed E-state index contributed by atoms with van der Waals surface area (Å²) < 4.78 is 34.1. The van der Waals surface area contributed by atoms with Gasteiger partial charge in [0, 0.05) is 49.6 Å². The van der Waals surface area contributed by atoms with Gasteiger partial charge >= 0.3 is 0 Å². The topological polar surface area (TPSA) is 80.3 Å². The molecule has 1 aromatic rings. The second-order valence-electron chi connectivity index (χ2n) is 4.55. The molecule has 118 valence electrons. The Balaban J connectivity index is 2.88. The Morgan fingerprint density at radius 2 is 2.05 bits per heavy atom. The summed E-state index contributed by atoms with van der Waals surface area (Å²) >= 11 is 3.15. The number of nitrogens with one attached hydrogen (secondary N) is 1. The third-order valence-electron chi connectivity index (χ3n) is 2.63. The van der Waals surface area contributed by atoms with Crippen LogP contribution in [0.25, 0.3) is 0 Å². The van der Waals surface area contributed by atoms with E-state index in [1.807, 2.05) is 0 Å². The molecule has 0 saturated carbocycles. The average Bonchev–Trinajstić information content (AvgIpc) is 2.34. The molecule has 0 aliphatic carbocycles. The van der Waals surface area contributed by atoms with Gasteiger partial charge in [0.25, 0.3) is 15.0 Å². The van der Waals surface area contributed by atoms with E-state index in [1.54, 1.807) is 13.2 Å². The first kappa shape index (κ1) is 18.6. The summed E-state index contributed by atoms with van der Waals surface area (Å²) in [4.78, 5) is 11.9. The van der Waals surface area contributed by atoms with Crippen LogP contribution >= 0.6 is 26.6 Å². The van der Waals surface area contributed by atoms with Crippen LogP contribution in [0.2, 0.25) is 0 Å². The van der Waals surface area contributed by atoms with Crippen LogP contribution in [-0.4, -0.2) is 36.6 Å². The summed E-state index contributed by atoms with van der Waals surface area (Å²) in [5, 5.41) is 2.73. The van der Waals surface area contributed by atoms with Gasteiger partial charge in [-0.25, -0.2) is 8.42 Å². The quantitative estimate of drug-likeness (QED) is 0.721. The van der Waals surface area contributed by atoms with E-state index < -0.39 is 25.8 Å². The van der Waals surface area contributed by atoms with Gasteiger partial charge in [-0.15, -0.1) is 0 Å². The molecular weight excluding hydrogens is 402 g/mol. The fraction of sp³-hybridized carbons (Fsp3) is 0.417. The van der Waals surface area contributed by atoms with Crippen molar-refractivity contribution in [3.8, 4) is 0 Å². The Hall–Kier alpha value is -0.440. The van der Waals surface area contributed by atoms with Gasteiger partial charge in [-0.1, -0.05) is 15.9 Å². The van der Waals surface area contributed by atoms with Crippen LogP contribution in [0.15, 0.2) is 27.6 Å². The van der Waals surface area contributed by atoms with E-state index in [4.69, 9.17) is 10.7 Å². The fourth-order valence-electron chi connectivity index (χ4n) is 1.56. The molecule has 21 heavy (non-hydrogen) atoms. The summed E-state index contributed by atoms with van der Waals surface area (Å²) in [6, 6.07) is 3.87. The zero-order chi connectivity index (χ0) is 16.2. The van der Waals surface area contributed by atoms with E-state index in [0.29, 0.717) is 16.6 Å². The molecule has 0 radical (unpaired) electrons. The molecule has 0 saturated heterocycles. The minimum Gasteiger partial charge on any atom is -0.350 e. The third-order valence-corrected chi connectivity index (χ3v) is 5.23. The van der Waals surface area contributed by atoms with E-state index in [2.05, 4.69) is 21.2 Å². The van der Waals surface area contributed by atoms with Crippen LogP contribution in [-0.2, 0) is 19.9 Å². The van der Waals surface area contributed by atoms with Crippen LogP contribution in [0, 0.1) is 0 Å². The van der Waals surface area contributed by atoms with Crippen molar-refractivity contribution in [1.29, 1.82) is 0 Å². The smallest absolute Gasteiger partial charge is 0.261 e. The number of benzene rings is 1. The van der Waals surface area contributed by atoms with Crippen LogP contribution in [0.4, 0.5) is 0 Å². The molecule has 9 heteroatoms. The standard InChI is InChI=1S/C12H15BrClNO4S2/c1-8(3-4-20(2)17)15-12(16)9-5-10(13)7-11(6-9)21(14,18)19/h5-8H,3-4H2,1-2H3,(H,15,16). The predicted molar refractivity (Wildman–Crippen MR) is 87.7 cm³/mol. The van der Waals surface area contributed by atoms with Crippen LogP contribution in [0.5, 0.6) is 0 Å². The van der Waals surface area contributed by atoms with Crippen molar-refractivity contribution < 1.29 is 17.4 Å². The van der Waals surface area contributed by atoms with E-state index in [0.717, 1.165) is 0 Å². The Kier molecular flexibility index (Phi) is 6.83. The Labute approximate surface area is 139 Å². The highest BCUT2D eigenvalue weighted by atomic mass is 79.9. The monoisotopic (exact) mass is 415 g/mol. The van der Waals surface area contributed by atoms with Crippen molar-refractivity contribution in [3.05, 3.63) is 28.2 Å². The highest BCUT2D eigenvalue weighted by Gasteiger charge is 2.16. The maximum atomic E-state index is 12.1. The highest BCUT2D eigenvalue weighted by molar-refractivity contribution is 9.10. The number of hydrogen-bond donors (Lipinski definition) is 1. The normalized spacial score (nSPS) is 14.5. The minimum absolute atomic E-state index is 0.147. The van der Waals surface area contributed by atoms with Crippen molar-refractivity contribution in [2.24, 2.45) is 0 Å². The van der Waals surface area contributed by atoms with Gasteiger partial charge in [-0.05, 0) is 31.5 Å². The van der Waals surface area contributed by atoms with E-state index in [1.165, 1.54) is 18.2 Å². The average molecular weight is 417 g/mol. The first-order valence-electron chi connectivity index (χ1n) is 5.95. The molecule has 2 unspecified atom stereocenters. The Morgan fingerprint density at radius 3 is 2.57 bits per heavy atom. The molecule has 1 amide bonds. The summed E-state index contributed by atoms with van der Waals surface area (Å²) in [5.74, 6) is 0.0774. The molecule has 0 aromatic heterocycles. The van der Waals surface area contributed by atoms with Gasteiger partial charge in [0.2, 0.25) is 0 Å². The number of rotatable bonds is 6.